The van der Waals surface area contributed by atoms with Crippen LogP contribution in [0.2, 0.25) is 0 Å². The smallest absolute Gasteiger partial charge is 0.136 e. The minimum Gasteiger partial charge on any atom is -0.459 e. The van der Waals surface area contributed by atoms with Crippen molar-refractivity contribution in [3.05, 3.63) is 30.0 Å². The van der Waals surface area contributed by atoms with Gasteiger partial charge in [0.2, 0.25) is 0 Å². The lowest BCUT2D eigenvalue weighted by Gasteiger charge is -1.89. The summed E-state index contributed by atoms with van der Waals surface area (Å²) in [6.07, 6.45) is 0.848. The van der Waals surface area contributed by atoms with Gasteiger partial charge < -0.3 is 10.2 Å². The third-order valence-electron chi connectivity index (χ3n) is 2.03. The molecule has 0 aliphatic rings. The second kappa shape index (κ2) is 2.55. The Bertz CT molecular complexity index is 403. The Labute approximate surface area is 71.0 Å². The van der Waals surface area contributed by atoms with E-state index in [1.165, 1.54) is 0 Å². The van der Waals surface area contributed by atoms with Crippen molar-refractivity contribution in [3.8, 4) is 0 Å². The molecule has 0 amide bonds. The summed E-state index contributed by atoms with van der Waals surface area (Å²) in [5, 5.41) is 1.02. The zero-order chi connectivity index (χ0) is 8.55. The van der Waals surface area contributed by atoms with Crippen LogP contribution in [0.4, 0.5) is 5.69 Å². The first-order chi connectivity index (χ1) is 5.83. The molecule has 0 bridgehead atoms. The first-order valence-electron chi connectivity index (χ1n) is 4.08. The molecule has 2 rings (SSSR count). The average molecular weight is 161 g/mol. The predicted octanol–water partition coefficient (Wildman–Crippen LogP) is 2.58. The van der Waals surface area contributed by atoms with Gasteiger partial charge in [0.25, 0.3) is 0 Å². The highest BCUT2D eigenvalue weighted by atomic mass is 16.3. The molecule has 1 aromatic heterocycles. The topological polar surface area (TPSA) is 39.2 Å². The summed E-state index contributed by atoms with van der Waals surface area (Å²) in [4.78, 5) is 0. The number of hydrogen-bond donors (Lipinski definition) is 1. The first-order valence-corrected chi connectivity index (χ1v) is 4.08. The van der Waals surface area contributed by atoms with Crippen LogP contribution in [0, 0.1) is 0 Å². The number of hydrogen-bond acceptors (Lipinski definition) is 2. The fraction of sp³-hybridized carbons (Fsp3) is 0.200. The number of para-hydroxylation sites is 1. The molecule has 0 aliphatic carbocycles. The number of rotatable bonds is 1. The van der Waals surface area contributed by atoms with E-state index in [1.807, 2.05) is 31.2 Å². The summed E-state index contributed by atoms with van der Waals surface area (Å²) >= 11 is 0. The van der Waals surface area contributed by atoms with E-state index in [1.54, 1.807) is 0 Å². The fourth-order valence-electron chi connectivity index (χ4n) is 1.38. The molecule has 2 nitrogen and oxygen atoms in total. The van der Waals surface area contributed by atoms with Crippen LogP contribution in [0.1, 0.15) is 12.7 Å². The van der Waals surface area contributed by atoms with Crippen LogP contribution >= 0.6 is 0 Å². The maximum absolute atomic E-state index is 5.86. The van der Waals surface area contributed by atoms with Gasteiger partial charge in [-0.15, -0.1) is 0 Å². The van der Waals surface area contributed by atoms with Gasteiger partial charge in [-0.2, -0.15) is 0 Å². The van der Waals surface area contributed by atoms with Crippen molar-refractivity contribution < 1.29 is 4.42 Å². The number of fused-ring (bicyclic) bond motifs is 1. The average Bonchev–Trinajstić information content (AvgIpc) is 2.44. The number of benzene rings is 1. The van der Waals surface area contributed by atoms with Crippen LogP contribution in [-0.2, 0) is 6.42 Å². The molecule has 1 heterocycles. The van der Waals surface area contributed by atoms with Gasteiger partial charge in [0, 0.05) is 11.8 Å². The summed E-state index contributed by atoms with van der Waals surface area (Å²) in [6.45, 7) is 2.04. The largest absolute Gasteiger partial charge is 0.459 e. The van der Waals surface area contributed by atoms with Gasteiger partial charge in [-0.25, -0.2) is 0 Å². The monoisotopic (exact) mass is 161 g/mol. The lowest BCUT2D eigenvalue weighted by atomic mass is 10.2. The minimum atomic E-state index is 0.785. The molecule has 2 N–H and O–H groups in total. The summed E-state index contributed by atoms with van der Waals surface area (Å²) in [6, 6.07) is 7.83. The molecule has 2 heteroatoms. The van der Waals surface area contributed by atoms with Gasteiger partial charge in [-0.3, -0.25) is 0 Å². The van der Waals surface area contributed by atoms with E-state index in [4.69, 9.17) is 10.2 Å². The van der Waals surface area contributed by atoms with Crippen LogP contribution in [-0.4, -0.2) is 0 Å². The Hall–Kier alpha value is -1.44. The number of nitrogens with two attached hydrogens (primary N) is 1. The molecular weight excluding hydrogens is 150 g/mol. The van der Waals surface area contributed by atoms with Crippen molar-refractivity contribution in [1.29, 1.82) is 0 Å². The molecule has 0 saturated heterocycles. The molecule has 0 aliphatic heterocycles. The first kappa shape index (κ1) is 7.22. The predicted molar refractivity (Wildman–Crippen MR) is 50.0 cm³/mol. The number of nitrogen functional groups attached to an aromatic ring is 1. The Morgan fingerprint density at radius 1 is 1.33 bits per heavy atom. The molecule has 62 valence electrons. The van der Waals surface area contributed by atoms with E-state index in [0.717, 1.165) is 28.8 Å². The zero-order valence-corrected chi connectivity index (χ0v) is 7.00. The highest BCUT2D eigenvalue weighted by Gasteiger charge is 2.07. The Morgan fingerprint density at radius 2 is 2.08 bits per heavy atom. The van der Waals surface area contributed by atoms with Gasteiger partial charge in [0.1, 0.15) is 11.3 Å². The van der Waals surface area contributed by atoms with Crippen LogP contribution in [0.25, 0.3) is 11.0 Å². The van der Waals surface area contributed by atoms with Gasteiger partial charge in [0.05, 0.1) is 5.69 Å². The SMILES string of the molecule is CCc1oc2ccccc2c1N. The summed E-state index contributed by atoms with van der Waals surface area (Å²) in [7, 11) is 0. The van der Waals surface area contributed by atoms with Crippen molar-refractivity contribution in [2.24, 2.45) is 0 Å². The normalized spacial score (nSPS) is 10.8. The van der Waals surface area contributed by atoms with Crippen molar-refractivity contribution in [2.45, 2.75) is 13.3 Å². The van der Waals surface area contributed by atoms with Crippen molar-refractivity contribution in [2.75, 3.05) is 5.73 Å². The lowest BCUT2D eigenvalue weighted by molar-refractivity contribution is 0.559. The molecule has 12 heavy (non-hydrogen) atoms. The second-order valence-corrected chi connectivity index (χ2v) is 2.79. The van der Waals surface area contributed by atoms with E-state index in [0.29, 0.717) is 0 Å². The van der Waals surface area contributed by atoms with E-state index in [2.05, 4.69) is 0 Å². The van der Waals surface area contributed by atoms with Crippen molar-refractivity contribution >= 4 is 16.7 Å². The standard InChI is InChI=1S/C10H11NO/c1-2-8-10(11)7-5-3-4-6-9(7)12-8/h3-6H,2,11H2,1H3. The van der Waals surface area contributed by atoms with E-state index in [-0.39, 0.29) is 0 Å². The minimum absolute atomic E-state index is 0.785. The molecule has 0 unspecified atom stereocenters. The number of anilines is 1. The van der Waals surface area contributed by atoms with E-state index < -0.39 is 0 Å². The van der Waals surface area contributed by atoms with Gasteiger partial charge in [0.15, 0.2) is 0 Å². The highest BCUT2D eigenvalue weighted by Crippen LogP contribution is 2.27. The molecule has 1 aromatic carbocycles. The quantitative estimate of drug-likeness (QED) is 0.698. The molecule has 0 fully saturated rings. The fourth-order valence-corrected chi connectivity index (χ4v) is 1.38. The number of aryl methyl sites for hydroxylation is 1. The maximum atomic E-state index is 5.86. The van der Waals surface area contributed by atoms with Crippen LogP contribution in [0.15, 0.2) is 28.7 Å². The van der Waals surface area contributed by atoms with E-state index >= 15 is 0 Å². The Balaban J connectivity index is 2.78. The third-order valence-corrected chi connectivity index (χ3v) is 2.03. The lowest BCUT2D eigenvalue weighted by Crippen LogP contribution is -1.86. The van der Waals surface area contributed by atoms with Crippen molar-refractivity contribution in [1.82, 2.24) is 0 Å². The molecule has 2 aromatic rings. The van der Waals surface area contributed by atoms with Crippen LogP contribution in [0.3, 0.4) is 0 Å². The van der Waals surface area contributed by atoms with Gasteiger partial charge >= 0.3 is 0 Å². The second-order valence-electron chi connectivity index (χ2n) is 2.79. The summed E-state index contributed by atoms with van der Waals surface area (Å²) in [5.41, 5.74) is 7.52. The molecule has 0 atom stereocenters. The highest BCUT2D eigenvalue weighted by molar-refractivity contribution is 5.90. The Kier molecular flexibility index (Phi) is 1.54. The number of furan rings is 1. The van der Waals surface area contributed by atoms with Crippen LogP contribution < -0.4 is 5.73 Å². The molecule has 0 saturated carbocycles. The van der Waals surface area contributed by atoms with E-state index in [9.17, 15) is 0 Å². The maximum Gasteiger partial charge on any atom is 0.136 e. The molecular formula is C10H11NO. The zero-order valence-electron chi connectivity index (χ0n) is 7.00. The molecule has 0 spiro atoms. The Morgan fingerprint density at radius 3 is 2.75 bits per heavy atom. The summed E-state index contributed by atoms with van der Waals surface area (Å²) in [5.74, 6) is 0.885. The molecule has 0 radical (unpaired) electrons. The third kappa shape index (κ3) is 0.881. The van der Waals surface area contributed by atoms with Gasteiger partial charge in [-0.1, -0.05) is 19.1 Å². The van der Waals surface area contributed by atoms with Crippen LogP contribution in [0.5, 0.6) is 0 Å². The summed E-state index contributed by atoms with van der Waals surface area (Å²) < 4.78 is 5.52. The van der Waals surface area contributed by atoms with Crippen molar-refractivity contribution in [3.63, 3.8) is 0 Å². The van der Waals surface area contributed by atoms with Gasteiger partial charge in [-0.05, 0) is 12.1 Å².